The van der Waals surface area contributed by atoms with Gasteiger partial charge in [-0.3, -0.25) is 0 Å². The Morgan fingerprint density at radius 2 is 1.45 bits per heavy atom. The van der Waals surface area contributed by atoms with Gasteiger partial charge in [0.1, 0.15) is 0 Å². The summed E-state index contributed by atoms with van der Waals surface area (Å²) in [6.45, 7) is 3.52. The van der Waals surface area contributed by atoms with Crippen molar-refractivity contribution in [2.45, 2.75) is 51.9 Å². The largest absolute Gasteiger partial charge is 0.345 e. The molecule has 0 heterocycles. The molecule has 0 aromatic heterocycles. The fraction of sp³-hybridized carbons (Fsp3) is 1.00. The maximum absolute atomic E-state index is 3.31. The van der Waals surface area contributed by atoms with Crippen LogP contribution in [0.2, 0.25) is 0 Å². The second kappa shape index (κ2) is 10.2. The van der Waals surface area contributed by atoms with Crippen LogP contribution >= 0.6 is 0 Å². The zero-order chi connectivity index (χ0) is 8.36. The van der Waals surface area contributed by atoms with Crippen LogP contribution in [0.3, 0.4) is 0 Å². The average Bonchev–Trinajstić information content (AvgIpc) is 2.03. The molecule has 0 aliphatic rings. The molecule has 0 aromatic rings. The van der Waals surface area contributed by atoms with Gasteiger partial charge in [0.2, 0.25) is 0 Å². The van der Waals surface area contributed by atoms with E-state index in [9.17, 15) is 0 Å². The zero-order valence-electron chi connectivity index (χ0n) is 8.16. The Hall–Kier alpha value is 0.177. The predicted octanol–water partition coefficient (Wildman–Crippen LogP) is 1.61. The summed E-state index contributed by atoms with van der Waals surface area (Å²) >= 11 is 0. The van der Waals surface area contributed by atoms with Gasteiger partial charge >= 0.3 is 0 Å². The highest BCUT2D eigenvalue weighted by molar-refractivity contribution is 6.04. The van der Waals surface area contributed by atoms with Gasteiger partial charge in [0, 0.05) is 0 Å². The van der Waals surface area contributed by atoms with Gasteiger partial charge in [-0.25, -0.2) is 0 Å². The summed E-state index contributed by atoms with van der Waals surface area (Å²) in [5.74, 6) is 0. The molecule has 0 unspecified atom stereocenters. The van der Waals surface area contributed by atoms with Crippen LogP contribution in [0.1, 0.15) is 51.9 Å². The summed E-state index contributed by atoms with van der Waals surface area (Å²) in [5, 5.41) is 0. The molecule has 0 rings (SSSR count). The van der Waals surface area contributed by atoms with Crippen LogP contribution in [-0.2, 0) is 0 Å². The molecule has 0 radical (unpaired) electrons. The lowest BCUT2D eigenvalue weighted by molar-refractivity contribution is 0.588. The molecular weight excluding hydrogens is 150 g/mol. The van der Waals surface area contributed by atoms with Crippen LogP contribution in [0.25, 0.3) is 0 Å². The molecule has 0 aliphatic heterocycles. The van der Waals surface area contributed by atoms with Crippen molar-refractivity contribution in [1.29, 1.82) is 0 Å². The second-order valence-corrected chi connectivity index (χ2v) is 3.93. The average molecular weight is 173 g/mol. The number of hydrogen-bond acceptors (Lipinski definition) is 1. The fourth-order valence-electron chi connectivity index (χ4n) is 1.26. The molecule has 1 N–H and O–H groups in total. The van der Waals surface area contributed by atoms with Crippen molar-refractivity contribution >= 4 is 10.4 Å². The van der Waals surface area contributed by atoms with Gasteiger partial charge in [-0.2, -0.15) is 0 Å². The molecule has 1 nitrogen and oxygen atoms in total. The van der Waals surface area contributed by atoms with E-state index < -0.39 is 0 Å². The quantitative estimate of drug-likeness (QED) is 0.434. The molecule has 0 spiro atoms. The normalized spacial score (nSPS) is 10.6. The zero-order valence-corrected chi connectivity index (χ0v) is 10.2. The molecule has 0 bridgehead atoms. The van der Waals surface area contributed by atoms with Crippen molar-refractivity contribution < 1.29 is 0 Å². The van der Waals surface area contributed by atoms with Crippen LogP contribution in [0.4, 0.5) is 0 Å². The molecule has 0 fully saturated rings. The van der Waals surface area contributed by atoms with E-state index >= 15 is 0 Å². The van der Waals surface area contributed by atoms with E-state index in [2.05, 4.69) is 11.9 Å². The van der Waals surface area contributed by atoms with E-state index in [1.807, 2.05) is 0 Å². The molecule has 0 saturated carbocycles. The fourth-order valence-corrected chi connectivity index (χ4v) is 1.61. The van der Waals surface area contributed by atoms with Crippen molar-refractivity contribution in [3.8, 4) is 0 Å². The van der Waals surface area contributed by atoms with Gasteiger partial charge < -0.3 is 4.98 Å². The SMILES string of the molecule is CCCCCCCCCN[SiH3]. The Kier molecular flexibility index (Phi) is 10.3. The van der Waals surface area contributed by atoms with E-state index in [1.165, 1.54) is 51.5 Å². The first-order valence-electron chi connectivity index (χ1n) is 5.06. The van der Waals surface area contributed by atoms with Crippen molar-refractivity contribution in [2.24, 2.45) is 0 Å². The predicted molar refractivity (Wildman–Crippen MR) is 55.9 cm³/mol. The van der Waals surface area contributed by atoms with E-state index in [4.69, 9.17) is 0 Å². The monoisotopic (exact) mass is 173 g/mol. The van der Waals surface area contributed by atoms with E-state index in [0.29, 0.717) is 0 Å². The Morgan fingerprint density at radius 3 is 2.00 bits per heavy atom. The molecule has 68 valence electrons. The summed E-state index contributed by atoms with van der Waals surface area (Å²) in [5.41, 5.74) is 0. The topological polar surface area (TPSA) is 12.0 Å². The molecular formula is C9H23NSi. The Balaban J connectivity index is 2.69. The summed E-state index contributed by atoms with van der Waals surface area (Å²) < 4.78 is 0. The van der Waals surface area contributed by atoms with E-state index in [-0.39, 0.29) is 0 Å². The number of unbranched alkanes of at least 4 members (excludes halogenated alkanes) is 6. The molecule has 11 heavy (non-hydrogen) atoms. The number of nitrogens with one attached hydrogen (secondary N) is 1. The lowest BCUT2D eigenvalue weighted by Gasteiger charge is -1.99. The van der Waals surface area contributed by atoms with Gasteiger partial charge in [0.15, 0.2) is 0 Å². The molecule has 0 amide bonds. The smallest absolute Gasteiger partial charge is 0.0749 e. The van der Waals surface area contributed by atoms with Crippen LogP contribution in [0, 0.1) is 0 Å². The van der Waals surface area contributed by atoms with Crippen molar-refractivity contribution in [2.75, 3.05) is 6.54 Å². The lowest BCUT2D eigenvalue weighted by Crippen LogP contribution is -2.09. The first-order valence-corrected chi connectivity index (χ1v) is 6.06. The minimum Gasteiger partial charge on any atom is -0.345 e. The molecule has 0 aliphatic carbocycles. The molecule has 0 saturated heterocycles. The summed E-state index contributed by atoms with van der Waals surface area (Å²) in [4.78, 5) is 3.31. The van der Waals surface area contributed by atoms with Gasteiger partial charge in [0.25, 0.3) is 0 Å². The number of hydrogen-bond donors (Lipinski definition) is 1. The Morgan fingerprint density at radius 1 is 0.909 bits per heavy atom. The van der Waals surface area contributed by atoms with Gasteiger partial charge in [-0.15, -0.1) is 0 Å². The molecule has 2 heteroatoms. The van der Waals surface area contributed by atoms with Crippen molar-refractivity contribution in [3.05, 3.63) is 0 Å². The first kappa shape index (κ1) is 11.2. The summed E-state index contributed by atoms with van der Waals surface area (Å²) in [6.07, 6.45) is 9.96. The maximum Gasteiger partial charge on any atom is 0.0749 e. The van der Waals surface area contributed by atoms with Crippen molar-refractivity contribution in [1.82, 2.24) is 4.98 Å². The lowest BCUT2D eigenvalue weighted by atomic mass is 10.1. The third-order valence-corrected chi connectivity index (χ3v) is 2.53. The molecule has 0 aromatic carbocycles. The Labute approximate surface area is 74.5 Å². The third kappa shape index (κ3) is 10.2. The van der Waals surface area contributed by atoms with Crippen LogP contribution in [0.15, 0.2) is 0 Å². The van der Waals surface area contributed by atoms with Gasteiger partial charge in [-0.05, 0) is 13.0 Å². The molecule has 0 atom stereocenters. The summed E-state index contributed by atoms with van der Waals surface area (Å²) in [7, 11) is 1.16. The summed E-state index contributed by atoms with van der Waals surface area (Å²) in [6, 6.07) is 0. The highest BCUT2D eigenvalue weighted by atomic mass is 28.2. The minimum atomic E-state index is 1.16. The van der Waals surface area contributed by atoms with E-state index in [0.717, 1.165) is 10.4 Å². The highest BCUT2D eigenvalue weighted by Crippen LogP contribution is 2.05. The highest BCUT2D eigenvalue weighted by Gasteiger charge is 1.88. The number of rotatable bonds is 8. The van der Waals surface area contributed by atoms with Gasteiger partial charge in [0.05, 0.1) is 10.4 Å². The third-order valence-electron chi connectivity index (χ3n) is 2.03. The second-order valence-electron chi connectivity index (χ2n) is 3.22. The van der Waals surface area contributed by atoms with Crippen LogP contribution in [-0.4, -0.2) is 16.9 Å². The maximum atomic E-state index is 3.31. The van der Waals surface area contributed by atoms with Crippen LogP contribution in [0.5, 0.6) is 0 Å². The standard InChI is InChI=1S/C9H23NSi/c1-2-3-4-5-6-7-8-9-10-11/h10H,2-9H2,1,11H3. The first-order chi connectivity index (χ1) is 5.41. The van der Waals surface area contributed by atoms with Gasteiger partial charge in [-0.1, -0.05) is 45.4 Å². The van der Waals surface area contributed by atoms with Crippen molar-refractivity contribution in [3.63, 3.8) is 0 Å². The minimum absolute atomic E-state index is 1.16. The van der Waals surface area contributed by atoms with E-state index in [1.54, 1.807) is 0 Å². The van der Waals surface area contributed by atoms with Crippen LogP contribution < -0.4 is 4.98 Å². The Bertz CT molecular complexity index is 58.6.